The Balaban J connectivity index is 0.908. The highest BCUT2D eigenvalue weighted by molar-refractivity contribution is 5.94. The fourth-order valence-electron chi connectivity index (χ4n) is 13.0. The van der Waals surface area contributed by atoms with Gasteiger partial charge >= 0.3 is 12.2 Å². The minimum Gasteiger partial charge on any atom is -0.490 e. The minimum absolute atomic E-state index is 0.175. The highest BCUT2D eigenvalue weighted by Gasteiger charge is 2.40. The van der Waals surface area contributed by atoms with Gasteiger partial charge in [0.2, 0.25) is 0 Å². The first-order valence-electron chi connectivity index (χ1n) is 32.3. The predicted octanol–water partition coefficient (Wildman–Crippen LogP) is 16.5. The van der Waals surface area contributed by atoms with Crippen molar-refractivity contribution >= 4 is 23.6 Å². The van der Waals surface area contributed by atoms with Gasteiger partial charge in [0, 0.05) is 30.7 Å². The van der Waals surface area contributed by atoms with Gasteiger partial charge in [-0.1, -0.05) is 113 Å². The lowest BCUT2D eigenvalue weighted by Crippen LogP contribution is -2.35. The number of carbonyl (C=O) groups excluding carboxylic acids is 2. The second-order valence-corrected chi connectivity index (χ2v) is 26.5. The second-order valence-electron chi connectivity index (χ2n) is 26.5. The molecule has 8 rings (SSSR count). The number of anilines is 2. The Hall–Kier alpha value is -6.24. The van der Waals surface area contributed by atoms with Crippen LogP contribution < -0.4 is 28.7 Å². The number of hydrogen-bond donors (Lipinski definition) is 0. The first-order chi connectivity index (χ1) is 40.7. The SMILES string of the molecule is CCc1cc(C(C)(C)c2cc(CC)c(OC(C)(C)CC3CO3)cc2CC)c(CC)cc1OCC(C)OC(=O)N(C)c1cccc(N2CC(CC(C)(C)Oc3cc(CC)c(C(C)(C)c4cc(CC)c(OCC5CO5)cc4CC)cc3CC)OC2=O)c1C. The summed E-state index contributed by atoms with van der Waals surface area (Å²) in [5.41, 5.74) is 15.4. The van der Waals surface area contributed by atoms with Gasteiger partial charge in [0.25, 0.3) is 0 Å². The number of carbonyl (C=O) groups is 2. The van der Waals surface area contributed by atoms with Crippen LogP contribution in [0.15, 0.2) is 66.7 Å². The van der Waals surface area contributed by atoms with Crippen LogP contribution in [0, 0.1) is 6.92 Å². The standard InChI is InChI=1S/C74H102N2O10/c1-20-48-35-65(52(24-5)31-59(48)73(15,16)62-34-55(27-8)68(38-51(62)23-4)86-72(13,14)40-57-43-79-57)81-42-46(9)83-69(77)75(19)63-29-28-30-64(47(63)10)76-41-56(84-70(76)78)39-71(11,12)85-67-37-50(22-3)61(33-54(67)26-7)74(17,18)60-32-53(25-6)66(36-49(60)21-2)82-45-58-44-80-58/h28-38,46,56-58H,20-27,39-45H2,1-19H3. The Morgan fingerprint density at radius 1 is 0.570 bits per heavy atom. The van der Waals surface area contributed by atoms with Crippen molar-refractivity contribution < 1.29 is 47.5 Å². The molecule has 3 aliphatic heterocycles. The molecule has 0 bridgehead atoms. The number of benzene rings is 5. The van der Waals surface area contributed by atoms with Crippen LogP contribution in [0.2, 0.25) is 0 Å². The first kappa shape index (κ1) is 65.7. The van der Waals surface area contributed by atoms with Crippen molar-refractivity contribution in [3.05, 3.63) is 139 Å². The van der Waals surface area contributed by atoms with Crippen molar-refractivity contribution in [2.75, 3.05) is 49.8 Å². The molecule has 0 radical (unpaired) electrons. The molecule has 3 heterocycles. The van der Waals surface area contributed by atoms with Gasteiger partial charge in [-0.2, -0.15) is 0 Å². The smallest absolute Gasteiger partial charge is 0.414 e. The van der Waals surface area contributed by atoms with E-state index in [1.807, 2.05) is 32.0 Å². The fraction of sp³-hybridized carbons (Fsp3) is 0.568. The summed E-state index contributed by atoms with van der Waals surface area (Å²) in [6.45, 7) is 41.9. The summed E-state index contributed by atoms with van der Waals surface area (Å²) in [4.78, 5) is 30.9. The molecule has 86 heavy (non-hydrogen) atoms. The van der Waals surface area contributed by atoms with E-state index in [1.54, 1.807) is 11.9 Å². The molecule has 5 aromatic rings. The molecule has 4 atom stereocenters. The molecule has 468 valence electrons. The molecule has 5 aromatic carbocycles. The average Bonchev–Trinajstić information content (AvgIpc) is 1.29. The van der Waals surface area contributed by atoms with Crippen molar-refractivity contribution in [1.29, 1.82) is 0 Å². The zero-order valence-electron chi connectivity index (χ0n) is 55.7. The van der Waals surface area contributed by atoms with E-state index in [1.165, 1.54) is 60.5 Å². The van der Waals surface area contributed by atoms with Gasteiger partial charge in [0.05, 0.1) is 37.2 Å². The highest BCUT2D eigenvalue weighted by Crippen LogP contribution is 2.45. The van der Waals surface area contributed by atoms with Crippen molar-refractivity contribution in [1.82, 2.24) is 0 Å². The maximum atomic E-state index is 13.9. The number of epoxide rings is 2. The summed E-state index contributed by atoms with van der Waals surface area (Å²) >= 11 is 0. The number of rotatable bonds is 29. The topological polar surface area (TPSA) is 121 Å². The van der Waals surface area contributed by atoms with E-state index in [2.05, 4.69) is 159 Å². The van der Waals surface area contributed by atoms with E-state index in [-0.39, 0.29) is 35.2 Å². The van der Waals surface area contributed by atoms with Gasteiger partial charge in [-0.3, -0.25) is 9.80 Å². The Morgan fingerprint density at radius 3 is 1.38 bits per heavy atom. The van der Waals surface area contributed by atoms with Crippen molar-refractivity contribution in [2.45, 2.75) is 235 Å². The van der Waals surface area contributed by atoms with E-state index < -0.39 is 30.0 Å². The van der Waals surface area contributed by atoms with E-state index >= 15 is 0 Å². The van der Waals surface area contributed by atoms with Crippen LogP contribution in [-0.4, -0.2) is 87.8 Å². The van der Waals surface area contributed by atoms with Gasteiger partial charge in [0.1, 0.15) is 65.7 Å². The molecule has 4 unspecified atom stereocenters. The van der Waals surface area contributed by atoms with Crippen LogP contribution in [-0.2, 0) is 81.1 Å². The van der Waals surface area contributed by atoms with Crippen LogP contribution in [0.4, 0.5) is 21.0 Å². The largest absolute Gasteiger partial charge is 0.490 e. The zero-order valence-corrected chi connectivity index (χ0v) is 55.7. The zero-order chi connectivity index (χ0) is 62.6. The van der Waals surface area contributed by atoms with Gasteiger partial charge in [-0.15, -0.1) is 0 Å². The third-order valence-electron chi connectivity index (χ3n) is 18.2. The lowest BCUT2D eigenvalue weighted by Gasteiger charge is -2.34. The molecule has 12 heteroatoms. The van der Waals surface area contributed by atoms with E-state index in [0.29, 0.717) is 30.9 Å². The van der Waals surface area contributed by atoms with Crippen LogP contribution in [0.25, 0.3) is 0 Å². The van der Waals surface area contributed by atoms with E-state index in [9.17, 15) is 9.59 Å². The monoisotopic (exact) mass is 1180 g/mol. The van der Waals surface area contributed by atoms with Gasteiger partial charge < -0.3 is 37.9 Å². The van der Waals surface area contributed by atoms with E-state index in [4.69, 9.17) is 37.9 Å². The molecule has 0 N–H and O–H groups in total. The van der Waals surface area contributed by atoms with Gasteiger partial charge in [-0.05, 0) is 202 Å². The Bertz CT molecular complexity index is 3220. The molecular formula is C74H102N2O10. The summed E-state index contributed by atoms with van der Waals surface area (Å²) in [7, 11) is 1.70. The van der Waals surface area contributed by atoms with Crippen molar-refractivity contribution in [3.8, 4) is 23.0 Å². The third kappa shape index (κ3) is 14.8. The van der Waals surface area contributed by atoms with Crippen LogP contribution in [0.1, 0.15) is 203 Å². The number of cyclic esters (lactones) is 1. The van der Waals surface area contributed by atoms with Gasteiger partial charge in [-0.25, -0.2) is 9.59 Å². The summed E-state index contributed by atoms with van der Waals surface area (Å²) in [6, 6.07) is 24.0. The van der Waals surface area contributed by atoms with E-state index in [0.717, 1.165) is 111 Å². The molecular weight excluding hydrogens is 1080 g/mol. The van der Waals surface area contributed by atoms with Gasteiger partial charge in [0.15, 0.2) is 0 Å². The van der Waals surface area contributed by atoms with Crippen LogP contribution >= 0.6 is 0 Å². The quantitative estimate of drug-likeness (QED) is 0.0428. The summed E-state index contributed by atoms with van der Waals surface area (Å²) < 4.78 is 49.7. The molecule has 3 fully saturated rings. The molecule has 0 spiro atoms. The lowest BCUT2D eigenvalue weighted by atomic mass is 9.72. The molecule has 12 nitrogen and oxygen atoms in total. The number of aryl methyl sites for hydroxylation is 8. The molecule has 2 amide bonds. The van der Waals surface area contributed by atoms with Crippen molar-refractivity contribution in [2.24, 2.45) is 0 Å². The normalized spacial score (nSPS) is 17.3. The van der Waals surface area contributed by atoms with Crippen molar-refractivity contribution in [3.63, 3.8) is 0 Å². The summed E-state index contributed by atoms with van der Waals surface area (Å²) in [5.74, 6) is 3.59. The molecule has 0 aliphatic carbocycles. The summed E-state index contributed by atoms with van der Waals surface area (Å²) in [6.07, 6.45) is 6.64. The third-order valence-corrected chi connectivity index (χ3v) is 18.2. The Labute approximate surface area is 515 Å². The maximum Gasteiger partial charge on any atom is 0.414 e. The second kappa shape index (κ2) is 27.0. The highest BCUT2D eigenvalue weighted by atomic mass is 16.6. The Morgan fingerprint density at radius 2 is 0.965 bits per heavy atom. The van der Waals surface area contributed by atoms with Crippen LogP contribution in [0.3, 0.4) is 0 Å². The number of amides is 2. The summed E-state index contributed by atoms with van der Waals surface area (Å²) in [5, 5.41) is 0. The maximum absolute atomic E-state index is 13.9. The fourth-order valence-corrected chi connectivity index (χ4v) is 13.0. The minimum atomic E-state index is -0.678. The first-order valence-corrected chi connectivity index (χ1v) is 32.3. The molecule has 3 saturated heterocycles. The average molecular weight is 1180 g/mol. The lowest BCUT2D eigenvalue weighted by molar-refractivity contribution is 0.0448. The Kier molecular flexibility index (Phi) is 20.7. The number of hydrogen-bond acceptors (Lipinski definition) is 10. The van der Waals surface area contributed by atoms with Crippen LogP contribution in [0.5, 0.6) is 23.0 Å². The molecule has 0 aromatic heterocycles. The molecule has 0 saturated carbocycles. The predicted molar refractivity (Wildman–Crippen MR) is 347 cm³/mol. The number of ether oxygens (including phenoxy) is 8. The number of nitrogens with zero attached hydrogens (tertiary/aromatic N) is 2. The molecule has 3 aliphatic rings.